The maximum atomic E-state index is 12.4. The molecule has 7 heteroatoms. The number of carbonyl (C=O) groups is 1. The van der Waals surface area contributed by atoms with E-state index in [0.29, 0.717) is 11.3 Å². The van der Waals surface area contributed by atoms with Crippen LogP contribution in [0.15, 0.2) is 28.0 Å². The summed E-state index contributed by atoms with van der Waals surface area (Å²) in [6.07, 6.45) is 1.37. The van der Waals surface area contributed by atoms with Gasteiger partial charge in [0.05, 0.1) is 35.9 Å². The van der Waals surface area contributed by atoms with Gasteiger partial charge in [-0.2, -0.15) is 0 Å². The van der Waals surface area contributed by atoms with Gasteiger partial charge >= 0.3 is 5.97 Å². The highest BCUT2D eigenvalue weighted by molar-refractivity contribution is 7.84. The Hall–Kier alpha value is -2.15. The Bertz CT molecular complexity index is 765. The van der Waals surface area contributed by atoms with Gasteiger partial charge in [-0.15, -0.1) is 0 Å². The summed E-state index contributed by atoms with van der Waals surface area (Å²) in [4.78, 5) is 27.0. The maximum absolute atomic E-state index is 12.4. The number of ether oxygens (including phenoxy) is 2. The largest absolute Gasteiger partial charge is 0.495 e. The lowest BCUT2D eigenvalue weighted by Gasteiger charge is -2.10. The van der Waals surface area contributed by atoms with E-state index >= 15 is 0 Å². The van der Waals surface area contributed by atoms with Crippen molar-refractivity contribution in [1.82, 2.24) is 4.98 Å². The third-order valence-electron chi connectivity index (χ3n) is 2.86. The van der Waals surface area contributed by atoms with Crippen molar-refractivity contribution in [2.24, 2.45) is 0 Å². The molecule has 1 N–H and O–H groups in total. The highest BCUT2D eigenvalue weighted by Crippen LogP contribution is 2.23. The Balaban J connectivity index is 2.97. The Morgan fingerprint density at radius 2 is 2.00 bits per heavy atom. The average molecular weight is 295 g/mol. The van der Waals surface area contributed by atoms with Gasteiger partial charge in [-0.3, -0.25) is 9.00 Å². The van der Waals surface area contributed by atoms with Crippen LogP contribution in [0.2, 0.25) is 0 Å². The molecule has 20 heavy (non-hydrogen) atoms. The zero-order valence-corrected chi connectivity index (χ0v) is 12.0. The number of hydrogen-bond donors (Lipinski definition) is 1. The van der Waals surface area contributed by atoms with Crippen LogP contribution in [-0.4, -0.2) is 35.6 Å². The fraction of sp³-hybridized carbons (Fsp3) is 0.231. The number of para-hydroxylation sites is 1. The monoisotopic (exact) mass is 295 g/mol. The first-order valence-electron chi connectivity index (χ1n) is 5.66. The molecule has 1 atom stereocenters. The second kappa shape index (κ2) is 5.46. The molecule has 0 amide bonds. The van der Waals surface area contributed by atoms with Crippen molar-refractivity contribution < 1.29 is 18.5 Å². The van der Waals surface area contributed by atoms with E-state index in [1.165, 1.54) is 20.5 Å². The van der Waals surface area contributed by atoms with Gasteiger partial charge in [0.2, 0.25) is 5.43 Å². The molecule has 0 saturated carbocycles. The Labute approximate surface area is 117 Å². The zero-order valence-electron chi connectivity index (χ0n) is 11.2. The van der Waals surface area contributed by atoms with Crippen molar-refractivity contribution >= 4 is 27.7 Å². The molecule has 2 rings (SSSR count). The molecule has 2 aromatic rings. The summed E-state index contributed by atoms with van der Waals surface area (Å²) < 4.78 is 21.5. The van der Waals surface area contributed by atoms with Gasteiger partial charge in [-0.05, 0) is 12.1 Å². The minimum Gasteiger partial charge on any atom is -0.495 e. The molecule has 0 aliphatic rings. The molecule has 6 nitrogen and oxygen atoms in total. The Morgan fingerprint density at radius 3 is 2.55 bits per heavy atom. The average Bonchev–Trinajstić information content (AvgIpc) is 2.45. The summed E-state index contributed by atoms with van der Waals surface area (Å²) in [7, 11) is 1.08. The van der Waals surface area contributed by atoms with E-state index in [1.54, 1.807) is 18.2 Å². The van der Waals surface area contributed by atoms with Crippen LogP contribution in [0, 0.1) is 0 Å². The lowest BCUT2D eigenvalue weighted by molar-refractivity contribution is 0.0594. The van der Waals surface area contributed by atoms with E-state index in [9.17, 15) is 13.8 Å². The van der Waals surface area contributed by atoms with Gasteiger partial charge < -0.3 is 14.5 Å². The van der Waals surface area contributed by atoms with Crippen molar-refractivity contribution in [2.45, 2.75) is 5.03 Å². The molecule has 0 fully saturated rings. The van der Waals surface area contributed by atoms with Gasteiger partial charge in [0.1, 0.15) is 16.3 Å². The number of methoxy groups -OCH3 is 2. The zero-order chi connectivity index (χ0) is 14.9. The lowest BCUT2D eigenvalue weighted by Crippen LogP contribution is -2.21. The number of pyridine rings is 1. The Kier molecular flexibility index (Phi) is 3.89. The molecule has 0 bridgehead atoms. The summed E-state index contributed by atoms with van der Waals surface area (Å²) in [5.74, 6) is -0.385. The van der Waals surface area contributed by atoms with E-state index in [0.717, 1.165) is 0 Å². The standard InChI is InChI=1S/C13H13NO5S/c1-18-8-6-4-5-7-10(8)14-12(20(3)17)9(11(7)15)13(16)19-2/h4-6H,1-3H3,(H,14,15)/t20-/m1/s1. The molecule has 106 valence electrons. The third-order valence-corrected chi connectivity index (χ3v) is 3.74. The maximum Gasteiger partial charge on any atom is 0.344 e. The van der Waals surface area contributed by atoms with E-state index in [2.05, 4.69) is 9.72 Å². The molecule has 0 saturated heterocycles. The van der Waals surface area contributed by atoms with Crippen molar-refractivity contribution in [2.75, 3.05) is 20.5 Å². The first-order valence-corrected chi connectivity index (χ1v) is 7.21. The number of rotatable bonds is 3. The van der Waals surface area contributed by atoms with Crippen molar-refractivity contribution in [3.05, 3.63) is 34.0 Å². The number of esters is 1. The molecular formula is C13H13NO5S. The molecule has 0 aliphatic carbocycles. The van der Waals surface area contributed by atoms with E-state index in [4.69, 9.17) is 4.74 Å². The second-order valence-electron chi connectivity index (χ2n) is 3.99. The number of H-pyrrole nitrogens is 1. The van der Waals surface area contributed by atoms with Crippen molar-refractivity contribution in [1.29, 1.82) is 0 Å². The SMILES string of the molecule is COC(=O)c1c([S@@](C)=O)[nH]c2c(OC)cccc2c1=O. The molecule has 1 aromatic carbocycles. The van der Waals surface area contributed by atoms with Crippen molar-refractivity contribution in [3.63, 3.8) is 0 Å². The van der Waals surface area contributed by atoms with Crippen LogP contribution in [0.25, 0.3) is 10.9 Å². The normalized spacial score (nSPS) is 12.2. The van der Waals surface area contributed by atoms with E-state index in [-0.39, 0.29) is 16.0 Å². The summed E-state index contributed by atoms with van der Waals surface area (Å²) in [6.45, 7) is 0. The topological polar surface area (TPSA) is 85.5 Å². The number of aromatic amines is 1. The Morgan fingerprint density at radius 1 is 1.30 bits per heavy atom. The number of aromatic nitrogens is 1. The van der Waals surface area contributed by atoms with Crippen LogP contribution < -0.4 is 10.2 Å². The minimum absolute atomic E-state index is 0.0267. The van der Waals surface area contributed by atoms with Gasteiger partial charge in [-0.1, -0.05) is 6.07 Å². The van der Waals surface area contributed by atoms with Gasteiger partial charge in [0, 0.05) is 6.26 Å². The second-order valence-corrected chi connectivity index (χ2v) is 5.30. The highest BCUT2D eigenvalue weighted by Gasteiger charge is 2.22. The number of nitrogens with one attached hydrogen (secondary N) is 1. The van der Waals surface area contributed by atoms with Gasteiger partial charge in [-0.25, -0.2) is 4.79 Å². The minimum atomic E-state index is -1.55. The number of benzene rings is 1. The quantitative estimate of drug-likeness (QED) is 0.856. The molecule has 0 spiro atoms. The van der Waals surface area contributed by atoms with E-state index in [1.807, 2.05) is 0 Å². The van der Waals surface area contributed by atoms with Crippen molar-refractivity contribution in [3.8, 4) is 5.75 Å². The number of fused-ring (bicyclic) bond motifs is 1. The molecule has 1 heterocycles. The van der Waals surface area contributed by atoms with Crippen LogP contribution in [-0.2, 0) is 15.5 Å². The molecular weight excluding hydrogens is 282 g/mol. The number of hydrogen-bond acceptors (Lipinski definition) is 5. The third kappa shape index (κ3) is 2.20. The summed E-state index contributed by atoms with van der Waals surface area (Å²) in [6, 6.07) is 4.87. The van der Waals surface area contributed by atoms with Crippen LogP contribution in [0.5, 0.6) is 5.75 Å². The summed E-state index contributed by atoms with van der Waals surface area (Å²) in [5.41, 5.74) is -0.373. The predicted octanol–water partition coefficient (Wildman–Crippen LogP) is 1.06. The predicted molar refractivity (Wildman–Crippen MR) is 74.8 cm³/mol. The first kappa shape index (κ1) is 14.3. The highest BCUT2D eigenvalue weighted by atomic mass is 32.2. The number of carbonyl (C=O) groups excluding carboxylic acids is 1. The molecule has 0 unspecified atom stereocenters. The van der Waals surface area contributed by atoms with Crippen LogP contribution in [0.3, 0.4) is 0 Å². The molecule has 0 radical (unpaired) electrons. The van der Waals surface area contributed by atoms with Gasteiger partial charge in [0.15, 0.2) is 0 Å². The fourth-order valence-corrected chi connectivity index (χ4v) is 2.65. The lowest BCUT2D eigenvalue weighted by atomic mass is 10.1. The smallest absolute Gasteiger partial charge is 0.344 e. The van der Waals surface area contributed by atoms with E-state index < -0.39 is 22.2 Å². The molecule has 0 aliphatic heterocycles. The fourth-order valence-electron chi connectivity index (χ4n) is 1.94. The van der Waals surface area contributed by atoms with Crippen LogP contribution >= 0.6 is 0 Å². The van der Waals surface area contributed by atoms with Gasteiger partial charge in [0.25, 0.3) is 0 Å². The van der Waals surface area contributed by atoms with Crippen LogP contribution in [0.4, 0.5) is 0 Å². The molecule has 1 aromatic heterocycles. The summed E-state index contributed by atoms with van der Waals surface area (Å²) in [5, 5.41) is 0.304. The first-order chi connectivity index (χ1) is 9.51. The summed E-state index contributed by atoms with van der Waals surface area (Å²) >= 11 is 0. The van der Waals surface area contributed by atoms with Crippen LogP contribution in [0.1, 0.15) is 10.4 Å².